The van der Waals surface area contributed by atoms with Crippen LogP contribution < -0.4 is 11.1 Å². The van der Waals surface area contributed by atoms with Crippen LogP contribution in [0.5, 0.6) is 0 Å². The number of hydrogen-bond acceptors (Lipinski definition) is 4. The Morgan fingerprint density at radius 1 is 1.06 bits per heavy atom. The number of morpholine rings is 1. The molecule has 32 heavy (non-hydrogen) atoms. The summed E-state index contributed by atoms with van der Waals surface area (Å²) < 4.78 is 45.9. The van der Waals surface area contributed by atoms with Crippen molar-refractivity contribution < 1.29 is 27.5 Å². The number of urea groups is 1. The third kappa shape index (κ3) is 4.85. The van der Waals surface area contributed by atoms with Crippen LogP contribution >= 0.6 is 0 Å². The Hall–Kier alpha value is -2.33. The van der Waals surface area contributed by atoms with Crippen LogP contribution in [0.1, 0.15) is 31.2 Å². The SMILES string of the molecule is N[C@H](Cc1cc(F)c(F)cc1F)[C@@H]1C[C@H]2CC[C@@H](C1)N2C(=O)CNC(=O)N1CCOCC1. The molecule has 0 unspecified atom stereocenters. The fraction of sp³-hybridized carbons (Fsp3) is 0.636. The van der Waals surface area contributed by atoms with Crippen LogP contribution in [0.4, 0.5) is 18.0 Å². The Balaban J connectivity index is 1.31. The molecule has 0 saturated carbocycles. The molecular formula is C22H29F3N4O3. The van der Waals surface area contributed by atoms with Crippen molar-refractivity contribution >= 4 is 11.9 Å². The summed E-state index contributed by atoms with van der Waals surface area (Å²) in [6.45, 7) is 1.95. The number of amides is 3. The number of halogens is 3. The monoisotopic (exact) mass is 454 g/mol. The van der Waals surface area contributed by atoms with Crippen LogP contribution in [-0.4, -0.2) is 72.7 Å². The molecule has 4 rings (SSSR count). The zero-order chi connectivity index (χ0) is 22.8. The number of nitrogens with one attached hydrogen (secondary N) is 1. The highest BCUT2D eigenvalue weighted by Gasteiger charge is 2.44. The Kier molecular flexibility index (Phi) is 6.90. The first kappa shape index (κ1) is 22.8. The second-order valence-corrected chi connectivity index (χ2v) is 8.90. The number of ether oxygens (including phenoxy) is 1. The van der Waals surface area contributed by atoms with E-state index in [9.17, 15) is 22.8 Å². The summed E-state index contributed by atoms with van der Waals surface area (Å²) in [5.74, 6) is -3.17. The van der Waals surface area contributed by atoms with Gasteiger partial charge in [-0.05, 0) is 49.7 Å². The van der Waals surface area contributed by atoms with E-state index in [4.69, 9.17) is 10.5 Å². The van der Waals surface area contributed by atoms with Crippen molar-refractivity contribution in [2.75, 3.05) is 32.8 Å². The fourth-order valence-corrected chi connectivity index (χ4v) is 5.24. The molecular weight excluding hydrogens is 425 g/mol. The topological polar surface area (TPSA) is 87.9 Å². The normalized spacial score (nSPS) is 26.2. The molecule has 4 atom stereocenters. The van der Waals surface area contributed by atoms with E-state index in [0.717, 1.165) is 18.9 Å². The van der Waals surface area contributed by atoms with Gasteiger partial charge in [-0.25, -0.2) is 18.0 Å². The number of hydrogen-bond donors (Lipinski definition) is 2. The summed E-state index contributed by atoms with van der Waals surface area (Å²) in [5, 5.41) is 2.71. The maximum atomic E-state index is 14.0. The van der Waals surface area contributed by atoms with E-state index < -0.39 is 23.5 Å². The second-order valence-electron chi connectivity index (χ2n) is 8.90. The number of carbonyl (C=O) groups excluding carboxylic acids is 2. The van der Waals surface area contributed by atoms with Gasteiger partial charge in [-0.2, -0.15) is 0 Å². The van der Waals surface area contributed by atoms with Gasteiger partial charge in [0.05, 0.1) is 19.8 Å². The number of rotatable bonds is 5. The van der Waals surface area contributed by atoms with Crippen LogP contribution in [0.2, 0.25) is 0 Å². The van der Waals surface area contributed by atoms with Gasteiger partial charge in [0.25, 0.3) is 0 Å². The molecule has 0 aromatic heterocycles. The number of fused-ring (bicyclic) bond motifs is 2. The Morgan fingerprint density at radius 3 is 2.34 bits per heavy atom. The summed E-state index contributed by atoms with van der Waals surface area (Å²) in [6, 6.07) is 0.776. The number of carbonyl (C=O) groups is 2. The van der Waals surface area contributed by atoms with Crippen molar-refractivity contribution in [3.63, 3.8) is 0 Å². The zero-order valence-corrected chi connectivity index (χ0v) is 17.9. The Morgan fingerprint density at radius 2 is 1.69 bits per heavy atom. The summed E-state index contributed by atoms with van der Waals surface area (Å²) in [6.07, 6.45) is 3.17. The van der Waals surface area contributed by atoms with E-state index in [2.05, 4.69) is 5.32 Å². The summed E-state index contributed by atoms with van der Waals surface area (Å²) in [4.78, 5) is 28.6. The molecule has 1 aromatic carbocycles. The molecule has 3 aliphatic rings. The summed E-state index contributed by atoms with van der Waals surface area (Å²) in [5.41, 5.74) is 6.40. The highest BCUT2D eigenvalue weighted by molar-refractivity contribution is 5.84. The summed E-state index contributed by atoms with van der Waals surface area (Å²) in [7, 11) is 0. The van der Waals surface area contributed by atoms with E-state index in [0.29, 0.717) is 45.2 Å². The number of nitrogens with zero attached hydrogens (tertiary/aromatic N) is 2. The van der Waals surface area contributed by atoms with Crippen molar-refractivity contribution in [1.29, 1.82) is 0 Å². The lowest BCUT2D eigenvalue weighted by Gasteiger charge is -2.41. The molecule has 0 aliphatic carbocycles. The Bertz CT molecular complexity index is 851. The number of nitrogens with two attached hydrogens (primary N) is 1. The first-order valence-electron chi connectivity index (χ1n) is 11.1. The van der Waals surface area contributed by atoms with Gasteiger partial charge >= 0.3 is 6.03 Å². The highest BCUT2D eigenvalue weighted by Crippen LogP contribution is 2.40. The lowest BCUT2D eigenvalue weighted by Crippen LogP contribution is -2.54. The minimum Gasteiger partial charge on any atom is -0.378 e. The van der Waals surface area contributed by atoms with Crippen molar-refractivity contribution in [2.24, 2.45) is 11.7 Å². The molecule has 3 heterocycles. The molecule has 3 amide bonds. The van der Waals surface area contributed by atoms with E-state index >= 15 is 0 Å². The molecule has 3 aliphatic heterocycles. The van der Waals surface area contributed by atoms with E-state index in [1.54, 1.807) is 4.90 Å². The van der Waals surface area contributed by atoms with Gasteiger partial charge in [-0.1, -0.05) is 0 Å². The predicted molar refractivity (Wildman–Crippen MR) is 110 cm³/mol. The van der Waals surface area contributed by atoms with Crippen molar-refractivity contribution in [1.82, 2.24) is 15.1 Å². The predicted octanol–water partition coefficient (Wildman–Crippen LogP) is 1.79. The highest BCUT2D eigenvalue weighted by atomic mass is 19.2. The van der Waals surface area contributed by atoms with Gasteiger partial charge in [-0.3, -0.25) is 4.79 Å². The van der Waals surface area contributed by atoms with E-state index in [1.807, 2.05) is 4.90 Å². The largest absolute Gasteiger partial charge is 0.378 e. The molecule has 0 spiro atoms. The molecule has 176 valence electrons. The van der Waals surface area contributed by atoms with Crippen LogP contribution in [0, 0.1) is 23.4 Å². The second kappa shape index (κ2) is 9.66. The number of benzene rings is 1. The quantitative estimate of drug-likeness (QED) is 0.664. The van der Waals surface area contributed by atoms with Crippen LogP contribution in [-0.2, 0) is 16.0 Å². The fourth-order valence-electron chi connectivity index (χ4n) is 5.24. The van der Waals surface area contributed by atoms with Gasteiger partial charge in [-0.15, -0.1) is 0 Å². The molecule has 10 heteroatoms. The van der Waals surface area contributed by atoms with Gasteiger partial charge < -0.3 is 25.6 Å². The van der Waals surface area contributed by atoms with Crippen LogP contribution in [0.25, 0.3) is 0 Å². The number of piperidine rings is 1. The first-order valence-corrected chi connectivity index (χ1v) is 11.1. The molecule has 7 nitrogen and oxygen atoms in total. The molecule has 3 N–H and O–H groups in total. The van der Waals surface area contributed by atoms with Gasteiger partial charge in [0.2, 0.25) is 5.91 Å². The maximum Gasteiger partial charge on any atom is 0.317 e. The van der Waals surface area contributed by atoms with Crippen LogP contribution in [0.15, 0.2) is 12.1 Å². The minimum absolute atomic E-state index is 0.0207. The molecule has 2 bridgehead atoms. The van der Waals surface area contributed by atoms with Crippen LogP contribution in [0.3, 0.4) is 0 Å². The van der Waals surface area contributed by atoms with Crippen molar-refractivity contribution in [2.45, 2.75) is 50.2 Å². The molecule has 0 radical (unpaired) electrons. The maximum absolute atomic E-state index is 14.0. The van der Waals surface area contributed by atoms with Gasteiger partial charge in [0.1, 0.15) is 5.82 Å². The minimum atomic E-state index is -1.22. The van der Waals surface area contributed by atoms with E-state index in [-0.39, 0.29) is 48.5 Å². The lowest BCUT2D eigenvalue weighted by atomic mass is 9.82. The van der Waals surface area contributed by atoms with Crippen molar-refractivity contribution in [3.05, 3.63) is 35.1 Å². The first-order chi connectivity index (χ1) is 15.3. The van der Waals surface area contributed by atoms with Gasteiger partial charge in [0.15, 0.2) is 11.6 Å². The standard InChI is InChI=1S/C22H29F3N4O3/c23-17-11-19(25)18(24)9-13(17)10-20(26)14-7-15-1-2-16(8-14)29(15)21(30)12-27-22(31)28-3-5-32-6-4-28/h9,11,14-16,20H,1-8,10,12,26H2,(H,27,31)/t14-,15-,16+,20-/m1/s1. The average Bonchev–Trinajstić information content (AvgIpc) is 3.05. The Labute approximate surface area is 185 Å². The molecule has 1 aromatic rings. The molecule has 3 saturated heterocycles. The third-order valence-corrected chi connectivity index (χ3v) is 6.90. The lowest BCUT2D eigenvalue weighted by molar-refractivity contribution is -0.135. The van der Waals surface area contributed by atoms with E-state index in [1.165, 1.54) is 0 Å². The molecule has 3 fully saturated rings. The van der Waals surface area contributed by atoms with Gasteiger partial charge in [0, 0.05) is 37.3 Å². The summed E-state index contributed by atoms with van der Waals surface area (Å²) >= 11 is 0. The average molecular weight is 454 g/mol. The smallest absolute Gasteiger partial charge is 0.317 e. The zero-order valence-electron chi connectivity index (χ0n) is 17.9. The third-order valence-electron chi connectivity index (χ3n) is 6.90. The van der Waals surface area contributed by atoms with Crippen molar-refractivity contribution in [3.8, 4) is 0 Å².